The van der Waals surface area contributed by atoms with Gasteiger partial charge in [-0.1, -0.05) is 6.92 Å². The van der Waals surface area contributed by atoms with Gasteiger partial charge in [0.05, 0.1) is 23.7 Å². The first kappa shape index (κ1) is 16.2. The molecule has 0 radical (unpaired) electrons. The second-order valence-electron chi connectivity index (χ2n) is 5.00. The molecule has 2 aromatic rings. The van der Waals surface area contributed by atoms with Gasteiger partial charge in [0.1, 0.15) is 17.1 Å². The zero-order chi connectivity index (χ0) is 16.3. The Morgan fingerprint density at radius 1 is 1.45 bits per heavy atom. The molecule has 0 fully saturated rings. The standard InChI is InChI=1S/C15H18N2O4S/c1-4-13-16-10(8-22-13)5-14(18)17(3)7-11-6-12(15(19)20)9(2)21-11/h6,8H,4-5,7H2,1-3H3,(H,19,20). The van der Waals surface area contributed by atoms with Gasteiger partial charge in [0.2, 0.25) is 5.91 Å². The van der Waals surface area contributed by atoms with Gasteiger partial charge >= 0.3 is 5.97 Å². The van der Waals surface area contributed by atoms with Gasteiger partial charge in [0.15, 0.2) is 0 Å². The van der Waals surface area contributed by atoms with Gasteiger partial charge in [-0.2, -0.15) is 0 Å². The van der Waals surface area contributed by atoms with Crippen molar-refractivity contribution in [2.45, 2.75) is 33.2 Å². The molecule has 2 aromatic heterocycles. The lowest BCUT2D eigenvalue weighted by atomic mass is 10.2. The fourth-order valence-corrected chi connectivity index (χ4v) is 2.78. The molecule has 6 nitrogen and oxygen atoms in total. The maximum absolute atomic E-state index is 12.2. The Kier molecular flexibility index (Phi) is 4.97. The quantitative estimate of drug-likeness (QED) is 0.883. The Hall–Kier alpha value is -2.15. The van der Waals surface area contributed by atoms with Crippen molar-refractivity contribution < 1.29 is 19.1 Å². The van der Waals surface area contributed by atoms with E-state index in [1.165, 1.54) is 11.0 Å². The van der Waals surface area contributed by atoms with E-state index >= 15 is 0 Å². The van der Waals surface area contributed by atoms with E-state index in [9.17, 15) is 9.59 Å². The summed E-state index contributed by atoms with van der Waals surface area (Å²) in [6, 6.07) is 1.46. The number of carbonyl (C=O) groups is 2. The van der Waals surface area contributed by atoms with Crippen LogP contribution in [0.4, 0.5) is 0 Å². The molecule has 0 aliphatic carbocycles. The van der Waals surface area contributed by atoms with Crippen molar-refractivity contribution in [1.29, 1.82) is 0 Å². The first-order valence-corrected chi connectivity index (χ1v) is 7.78. The molecule has 0 aromatic carbocycles. The molecule has 0 aliphatic heterocycles. The fraction of sp³-hybridized carbons (Fsp3) is 0.400. The number of carboxylic acid groups (broad SMARTS) is 1. The van der Waals surface area contributed by atoms with Crippen LogP contribution in [0.15, 0.2) is 15.9 Å². The maximum atomic E-state index is 12.2. The molecule has 1 N–H and O–H groups in total. The third-order valence-corrected chi connectivity index (χ3v) is 4.29. The highest BCUT2D eigenvalue weighted by Crippen LogP contribution is 2.17. The van der Waals surface area contributed by atoms with Crippen LogP contribution in [0.1, 0.15) is 39.5 Å². The summed E-state index contributed by atoms with van der Waals surface area (Å²) in [5, 5.41) is 11.9. The number of carbonyl (C=O) groups excluding carboxylic acids is 1. The topological polar surface area (TPSA) is 83.6 Å². The van der Waals surface area contributed by atoms with E-state index < -0.39 is 5.97 Å². The zero-order valence-electron chi connectivity index (χ0n) is 12.8. The average molecular weight is 322 g/mol. The van der Waals surface area contributed by atoms with Crippen LogP contribution >= 0.6 is 11.3 Å². The number of hydrogen-bond donors (Lipinski definition) is 1. The normalized spacial score (nSPS) is 10.7. The maximum Gasteiger partial charge on any atom is 0.339 e. The Labute approximate surface area is 132 Å². The molecule has 2 heterocycles. The van der Waals surface area contributed by atoms with Crippen molar-refractivity contribution >= 4 is 23.2 Å². The molecule has 118 valence electrons. The van der Waals surface area contributed by atoms with Gasteiger partial charge in [0.25, 0.3) is 0 Å². The lowest BCUT2D eigenvalue weighted by Crippen LogP contribution is -2.27. The summed E-state index contributed by atoms with van der Waals surface area (Å²) < 4.78 is 5.38. The number of nitrogens with zero attached hydrogens (tertiary/aromatic N) is 2. The van der Waals surface area contributed by atoms with Crippen LogP contribution in [-0.2, 0) is 24.2 Å². The second-order valence-corrected chi connectivity index (χ2v) is 5.94. The number of likely N-dealkylation sites (N-methyl/N-ethyl adjacent to an activating group) is 1. The van der Waals surface area contributed by atoms with Crippen LogP contribution in [0.5, 0.6) is 0 Å². The lowest BCUT2D eigenvalue weighted by Gasteiger charge is -2.14. The van der Waals surface area contributed by atoms with Crippen molar-refractivity contribution in [2.24, 2.45) is 0 Å². The third-order valence-electron chi connectivity index (χ3n) is 3.25. The average Bonchev–Trinajstić information content (AvgIpc) is 3.05. The zero-order valence-corrected chi connectivity index (χ0v) is 13.6. The molecule has 22 heavy (non-hydrogen) atoms. The smallest absolute Gasteiger partial charge is 0.339 e. The van der Waals surface area contributed by atoms with E-state index in [2.05, 4.69) is 4.98 Å². The number of rotatable bonds is 6. The van der Waals surface area contributed by atoms with E-state index in [4.69, 9.17) is 9.52 Å². The predicted molar refractivity (Wildman–Crippen MR) is 82.1 cm³/mol. The first-order valence-electron chi connectivity index (χ1n) is 6.90. The number of thiazole rings is 1. The number of hydrogen-bond acceptors (Lipinski definition) is 5. The van der Waals surface area contributed by atoms with Crippen LogP contribution < -0.4 is 0 Å². The molecule has 0 saturated heterocycles. The summed E-state index contributed by atoms with van der Waals surface area (Å²) in [6.07, 6.45) is 1.09. The van der Waals surface area contributed by atoms with Gasteiger partial charge < -0.3 is 14.4 Å². The molecule has 0 bridgehead atoms. The second kappa shape index (κ2) is 6.74. The molecule has 0 unspecified atom stereocenters. The number of carboxylic acids is 1. The van der Waals surface area contributed by atoms with Gasteiger partial charge in [-0.3, -0.25) is 4.79 Å². The molecule has 7 heteroatoms. The third kappa shape index (κ3) is 3.73. The lowest BCUT2D eigenvalue weighted by molar-refractivity contribution is -0.130. The van der Waals surface area contributed by atoms with Gasteiger partial charge in [0, 0.05) is 12.4 Å². The summed E-state index contributed by atoms with van der Waals surface area (Å²) >= 11 is 1.55. The Morgan fingerprint density at radius 2 is 2.18 bits per heavy atom. The number of amides is 1. The van der Waals surface area contributed by atoms with Crippen molar-refractivity contribution in [2.75, 3.05) is 7.05 Å². The van der Waals surface area contributed by atoms with Crippen LogP contribution in [0.2, 0.25) is 0 Å². The molecular weight excluding hydrogens is 304 g/mol. The van der Waals surface area contributed by atoms with E-state index in [0.717, 1.165) is 17.1 Å². The molecule has 0 saturated carbocycles. The molecule has 0 atom stereocenters. The van der Waals surface area contributed by atoms with Crippen LogP contribution in [0.3, 0.4) is 0 Å². The summed E-state index contributed by atoms with van der Waals surface area (Å²) in [7, 11) is 1.66. The van der Waals surface area contributed by atoms with Crippen LogP contribution in [0.25, 0.3) is 0 Å². The summed E-state index contributed by atoms with van der Waals surface area (Å²) in [4.78, 5) is 29.0. The molecule has 0 aliphatic rings. The number of aromatic nitrogens is 1. The first-order chi connectivity index (χ1) is 10.4. The van der Waals surface area contributed by atoms with Crippen LogP contribution in [-0.4, -0.2) is 33.9 Å². The SMILES string of the molecule is CCc1nc(CC(=O)N(C)Cc2cc(C(=O)O)c(C)o2)cs1. The highest BCUT2D eigenvalue weighted by atomic mass is 32.1. The predicted octanol–water partition coefficient (Wildman–Crippen LogP) is 2.51. The largest absolute Gasteiger partial charge is 0.478 e. The fourth-order valence-electron chi connectivity index (χ4n) is 2.04. The monoisotopic (exact) mass is 322 g/mol. The van der Waals surface area contributed by atoms with Crippen molar-refractivity contribution in [3.8, 4) is 0 Å². The van der Waals surface area contributed by atoms with Crippen molar-refractivity contribution in [1.82, 2.24) is 9.88 Å². The van der Waals surface area contributed by atoms with Crippen molar-refractivity contribution in [3.05, 3.63) is 39.2 Å². The Balaban J connectivity index is 1.99. The summed E-state index contributed by atoms with van der Waals surface area (Å²) in [6.45, 7) is 3.85. The summed E-state index contributed by atoms with van der Waals surface area (Å²) in [5.41, 5.74) is 0.892. The molecular formula is C15H18N2O4S. The van der Waals surface area contributed by atoms with Gasteiger partial charge in [-0.25, -0.2) is 9.78 Å². The number of furan rings is 1. The minimum absolute atomic E-state index is 0.0844. The van der Waals surface area contributed by atoms with E-state index in [1.807, 2.05) is 12.3 Å². The highest BCUT2D eigenvalue weighted by Gasteiger charge is 2.17. The Bertz CT molecular complexity index is 690. The summed E-state index contributed by atoms with van der Waals surface area (Å²) in [5.74, 6) is -0.316. The Morgan fingerprint density at radius 3 is 2.73 bits per heavy atom. The van der Waals surface area contributed by atoms with E-state index in [0.29, 0.717) is 11.5 Å². The minimum Gasteiger partial charge on any atom is -0.478 e. The van der Waals surface area contributed by atoms with Gasteiger partial charge in [-0.15, -0.1) is 11.3 Å². The molecule has 1 amide bonds. The van der Waals surface area contributed by atoms with Crippen molar-refractivity contribution in [3.63, 3.8) is 0 Å². The van der Waals surface area contributed by atoms with Gasteiger partial charge in [-0.05, 0) is 19.4 Å². The molecule has 0 spiro atoms. The van der Waals surface area contributed by atoms with Crippen LogP contribution in [0, 0.1) is 6.92 Å². The molecule has 2 rings (SSSR count). The minimum atomic E-state index is -1.03. The number of aromatic carboxylic acids is 1. The van der Waals surface area contributed by atoms with E-state index in [-0.39, 0.29) is 24.4 Å². The van der Waals surface area contributed by atoms with E-state index in [1.54, 1.807) is 25.3 Å². The number of aryl methyl sites for hydroxylation is 2. The highest BCUT2D eigenvalue weighted by molar-refractivity contribution is 7.09.